The average Bonchev–Trinajstić information content (AvgIpc) is 2.50. The molecule has 0 heterocycles. The summed E-state index contributed by atoms with van der Waals surface area (Å²) in [5, 5.41) is 0. The Kier molecular flexibility index (Phi) is 7.93. The van der Waals surface area contributed by atoms with Crippen molar-refractivity contribution in [3.63, 3.8) is 0 Å². The van der Waals surface area contributed by atoms with Crippen LogP contribution in [-0.2, 0) is 15.9 Å². The first-order chi connectivity index (χ1) is 5.43. The summed E-state index contributed by atoms with van der Waals surface area (Å²) in [7, 11) is 1.86. The van der Waals surface area contributed by atoms with E-state index in [1.54, 1.807) is 0 Å². The van der Waals surface area contributed by atoms with Gasteiger partial charge in [-0.1, -0.05) is 0 Å². The van der Waals surface area contributed by atoms with E-state index in [0.717, 1.165) is 12.5 Å². The van der Waals surface area contributed by atoms with E-state index in [2.05, 4.69) is 7.58 Å². The largest absolute Gasteiger partial charge is 0.358 e. The van der Waals surface area contributed by atoms with Crippen LogP contribution in [0.4, 0.5) is 0 Å². The fourth-order valence-corrected chi connectivity index (χ4v) is 2.16. The molecule has 0 spiro atoms. The zero-order chi connectivity index (χ0) is 7.94. The van der Waals surface area contributed by atoms with Gasteiger partial charge in [-0.2, -0.15) is 0 Å². The molecule has 1 aliphatic carbocycles. The Morgan fingerprint density at radius 2 is 2.00 bits per heavy atom. The van der Waals surface area contributed by atoms with Crippen molar-refractivity contribution in [3.05, 3.63) is 7.43 Å². The standard InChI is InChI=1S/C7H13N.CH3N.CH3.V/c8-6-5-7-3-1-2-4-7;1-2;;/h7H,1-6H2;1H3;1H3;/q;;-1;. The molecule has 0 atom stereocenters. The minimum Gasteiger partial charge on any atom is -0.358 e. The summed E-state index contributed by atoms with van der Waals surface area (Å²) in [5.74, 6) is 0.997. The van der Waals surface area contributed by atoms with Gasteiger partial charge in [0.05, 0.1) is 0 Å². The number of nitrogens with zero attached hydrogens (tertiary/aromatic N) is 2. The minimum absolute atomic E-state index is 0. The molecular weight excluding hydrogens is 187 g/mol. The quantitative estimate of drug-likeness (QED) is 0.634. The molecule has 12 heavy (non-hydrogen) atoms. The average molecular weight is 206 g/mol. The maximum absolute atomic E-state index is 4.38. The van der Waals surface area contributed by atoms with Gasteiger partial charge in [0.25, 0.3) is 0 Å². The molecule has 2 nitrogen and oxygen atoms in total. The van der Waals surface area contributed by atoms with Gasteiger partial charge in [0, 0.05) is 0 Å². The van der Waals surface area contributed by atoms with Crippen LogP contribution in [0.3, 0.4) is 0 Å². The smallest absolute Gasteiger partial charge is 0.358 e. The monoisotopic (exact) mass is 206 g/mol. The number of hydrogen-bond acceptors (Lipinski definition) is 2. The molecule has 1 saturated carbocycles. The van der Waals surface area contributed by atoms with Crippen LogP contribution in [0, 0.1) is 13.3 Å². The van der Waals surface area contributed by atoms with Crippen molar-refractivity contribution < 1.29 is 15.9 Å². The van der Waals surface area contributed by atoms with Gasteiger partial charge < -0.3 is 7.43 Å². The van der Waals surface area contributed by atoms with Gasteiger partial charge in [0.1, 0.15) is 0 Å². The summed E-state index contributed by atoms with van der Waals surface area (Å²) in [4.78, 5) is 0. The Labute approximate surface area is 82.8 Å². The molecule has 3 heteroatoms. The van der Waals surface area contributed by atoms with Gasteiger partial charge in [-0.15, -0.1) is 0 Å². The summed E-state index contributed by atoms with van der Waals surface area (Å²) >= 11 is -0.0193. The zero-order valence-corrected chi connectivity index (χ0v) is 9.56. The van der Waals surface area contributed by atoms with Gasteiger partial charge in [0.15, 0.2) is 0 Å². The van der Waals surface area contributed by atoms with Gasteiger partial charge in [-0.3, -0.25) is 0 Å². The molecule has 1 aliphatic rings. The first-order valence-electron chi connectivity index (χ1n) is 4.39. The molecule has 0 aromatic rings. The molecule has 0 aromatic heterocycles. The SMILES string of the molecule is C[N]=[V]=[N]CCC1CCCC1.[CH3-]. The normalized spacial score (nSPS) is 16.4. The molecule has 0 bridgehead atoms. The maximum atomic E-state index is 4.38. The molecule has 0 unspecified atom stereocenters. The summed E-state index contributed by atoms with van der Waals surface area (Å²) in [5.41, 5.74) is 0. The number of hydrogen-bond donors (Lipinski definition) is 0. The van der Waals surface area contributed by atoms with E-state index in [-0.39, 0.29) is 23.3 Å². The van der Waals surface area contributed by atoms with Crippen molar-refractivity contribution in [2.75, 3.05) is 13.6 Å². The third-order valence-electron chi connectivity index (χ3n) is 2.26. The van der Waals surface area contributed by atoms with Crippen molar-refractivity contribution in [2.45, 2.75) is 32.1 Å². The first-order valence-corrected chi connectivity index (χ1v) is 5.64. The Bertz CT molecular complexity index is 156. The van der Waals surface area contributed by atoms with Crippen molar-refractivity contribution in [1.29, 1.82) is 0 Å². The Morgan fingerprint density at radius 3 is 2.58 bits per heavy atom. The van der Waals surface area contributed by atoms with Crippen LogP contribution < -0.4 is 0 Å². The first kappa shape index (κ1) is 12.2. The molecule has 0 amide bonds. The Morgan fingerprint density at radius 1 is 1.33 bits per heavy atom. The Balaban J connectivity index is 0.00000121. The van der Waals surface area contributed by atoms with Crippen LogP contribution in [0.1, 0.15) is 32.1 Å². The van der Waals surface area contributed by atoms with Gasteiger partial charge in [0.2, 0.25) is 0 Å². The van der Waals surface area contributed by atoms with Crippen LogP contribution >= 0.6 is 0 Å². The molecule has 1 rings (SSSR count). The van der Waals surface area contributed by atoms with Crippen LogP contribution in [0.2, 0.25) is 0 Å². The minimum atomic E-state index is -0.0193. The van der Waals surface area contributed by atoms with Crippen LogP contribution in [0.25, 0.3) is 0 Å². The molecule has 71 valence electrons. The predicted molar refractivity (Wildman–Crippen MR) is 48.6 cm³/mol. The summed E-state index contributed by atoms with van der Waals surface area (Å²) in [6, 6.07) is 0. The van der Waals surface area contributed by atoms with Crippen molar-refractivity contribution >= 4 is 0 Å². The second-order valence-electron chi connectivity index (χ2n) is 3.09. The van der Waals surface area contributed by atoms with E-state index in [1.807, 2.05) is 7.05 Å². The third-order valence-corrected chi connectivity index (χ3v) is 3.05. The van der Waals surface area contributed by atoms with E-state index in [4.69, 9.17) is 0 Å². The van der Waals surface area contributed by atoms with Crippen LogP contribution in [0.5, 0.6) is 0 Å². The summed E-state index contributed by atoms with van der Waals surface area (Å²) in [6.45, 7) is 1.07. The molecular formula is C9H19N2V-. The molecule has 0 N–H and O–H groups in total. The van der Waals surface area contributed by atoms with E-state index < -0.39 is 0 Å². The molecule has 0 saturated heterocycles. The third kappa shape index (κ3) is 4.94. The topological polar surface area (TPSA) is 24.7 Å². The van der Waals surface area contributed by atoms with Crippen LogP contribution in [-0.4, -0.2) is 13.6 Å². The zero-order valence-electron chi connectivity index (χ0n) is 8.16. The van der Waals surface area contributed by atoms with Crippen molar-refractivity contribution in [2.24, 2.45) is 13.5 Å². The van der Waals surface area contributed by atoms with Gasteiger partial charge in [-0.25, -0.2) is 0 Å². The number of rotatable bonds is 3. The molecule has 0 aliphatic heterocycles. The summed E-state index contributed by atoms with van der Waals surface area (Å²) in [6.07, 6.45) is 7.14. The van der Waals surface area contributed by atoms with E-state index >= 15 is 0 Å². The fraction of sp³-hybridized carbons (Fsp3) is 0.889. The van der Waals surface area contributed by atoms with Gasteiger partial charge >= 0.3 is 75.1 Å². The van der Waals surface area contributed by atoms with E-state index in [9.17, 15) is 0 Å². The molecule has 0 aromatic carbocycles. The second kappa shape index (κ2) is 7.81. The van der Waals surface area contributed by atoms with Crippen molar-refractivity contribution in [3.8, 4) is 0 Å². The van der Waals surface area contributed by atoms with E-state index in [1.165, 1.54) is 32.1 Å². The van der Waals surface area contributed by atoms with Crippen LogP contribution in [0.15, 0.2) is 7.58 Å². The second-order valence-corrected chi connectivity index (χ2v) is 4.44. The van der Waals surface area contributed by atoms with E-state index in [0.29, 0.717) is 0 Å². The molecule has 1 fully saturated rings. The molecule has 0 radical (unpaired) electrons. The fourth-order valence-electron chi connectivity index (χ4n) is 1.65. The van der Waals surface area contributed by atoms with Gasteiger partial charge in [-0.05, 0) is 0 Å². The Hall–Kier alpha value is 0.184. The van der Waals surface area contributed by atoms with Crippen molar-refractivity contribution in [1.82, 2.24) is 0 Å². The maximum Gasteiger partial charge on any atom is -0.358 e. The predicted octanol–water partition coefficient (Wildman–Crippen LogP) is 3.10. The summed E-state index contributed by atoms with van der Waals surface area (Å²) < 4.78 is 8.41.